The van der Waals surface area contributed by atoms with Crippen molar-refractivity contribution in [3.8, 4) is 0 Å². The minimum atomic E-state index is 0.519. The summed E-state index contributed by atoms with van der Waals surface area (Å²) in [5, 5.41) is 0. The second kappa shape index (κ2) is 3.16. The predicted molar refractivity (Wildman–Crippen MR) is 60.0 cm³/mol. The number of hydrogen-bond donors (Lipinski definition) is 1. The summed E-state index contributed by atoms with van der Waals surface area (Å²) in [5.41, 5.74) is 6.40. The molecule has 0 bridgehead atoms. The average molecular weight is 199 g/mol. The maximum absolute atomic E-state index is 5.83. The number of thioether (sulfide) groups is 1. The van der Waals surface area contributed by atoms with Gasteiger partial charge in [0.2, 0.25) is 0 Å². The Balaban J connectivity index is 1.94. The van der Waals surface area contributed by atoms with Crippen molar-refractivity contribution < 1.29 is 0 Å². The van der Waals surface area contributed by atoms with Crippen molar-refractivity contribution in [2.45, 2.75) is 44.3 Å². The second-order valence-electron chi connectivity index (χ2n) is 5.35. The van der Waals surface area contributed by atoms with Crippen LogP contribution >= 0.6 is 11.8 Å². The molecule has 1 saturated carbocycles. The minimum Gasteiger partial charge on any atom is -0.330 e. The van der Waals surface area contributed by atoms with Gasteiger partial charge in [-0.2, -0.15) is 11.8 Å². The summed E-state index contributed by atoms with van der Waals surface area (Å²) < 4.78 is 0.519. The van der Waals surface area contributed by atoms with Crippen LogP contribution in [0.15, 0.2) is 0 Å². The molecule has 1 aliphatic heterocycles. The molecule has 2 rings (SSSR count). The summed E-state index contributed by atoms with van der Waals surface area (Å²) in [4.78, 5) is 0. The van der Waals surface area contributed by atoms with E-state index in [1.54, 1.807) is 0 Å². The first kappa shape index (κ1) is 9.85. The van der Waals surface area contributed by atoms with Gasteiger partial charge in [0.25, 0.3) is 0 Å². The van der Waals surface area contributed by atoms with Crippen LogP contribution in [0, 0.1) is 11.3 Å². The van der Waals surface area contributed by atoms with E-state index in [9.17, 15) is 0 Å². The summed E-state index contributed by atoms with van der Waals surface area (Å²) in [5.74, 6) is 2.28. The molecule has 0 radical (unpaired) electrons. The van der Waals surface area contributed by atoms with Crippen LogP contribution in [0.3, 0.4) is 0 Å². The summed E-state index contributed by atoms with van der Waals surface area (Å²) in [6.45, 7) is 5.73. The highest BCUT2D eigenvalue weighted by Gasteiger charge is 2.47. The maximum atomic E-state index is 5.83. The molecule has 2 heteroatoms. The average Bonchev–Trinajstić information content (AvgIpc) is 2.76. The Bertz CT molecular complexity index is 196. The molecule has 1 heterocycles. The largest absolute Gasteiger partial charge is 0.330 e. The van der Waals surface area contributed by atoms with Gasteiger partial charge in [-0.05, 0) is 49.3 Å². The Morgan fingerprint density at radius 1 is 1.38 bits per heavy atom. The Morgan fingerprint density at radius 3 is 2.46 bits per heavy atom. The van der Waals surface area contributed by atoms with E-state index in [1.165, 1.54) is 31.4 Å². The third-order valence-corrected chi connectivity index (χ3v) is 5.51. The van der Waals surface area contributed by atoms with Gasteiger partial charge < -0.3 is 5.73 Å². The monoisotopic (exact) mass is 199 g/mol. The van der Waals surface area contributed by atoms with Gasteiger partial charge in [-0.1, -0.05) is 13.8 Å². The van der Waals surface area contributed by atoms with Gasteiger partial charge in [-0.15, -0.1) is 0 Å². The van der Waals surface area contributed by atoms with Gasteiger partial charge >= 0.3 is 0 Å². The molecule has 1 atom stereocenters. The van der Waals surface area contributed by atoms with E-state index in [4.69, 9.17) is 5.73 Å². The lowest BCUT2D eigenvalue weighted by Gasteiger charge is -2.29. The third kappa shape index (κ3) is 1.89. The van der Waals surface area contributed by atoms with Crippen molar-refractivity contribution in [2.75, 3.05) is 12.3 Å². The van der Waals surface area contributed by atoms with Crippen molar-refractivity contribution in [2.24, 2.45) is 17.1 Å². The molecular formula is C11H21NS. The molecule has 2 aliphatic rings. The van der Waals surface area contributed by atoms with Crippen LogP contribution < -0.4 is 5.73 Å². The first-order valence-corrected chi connectivity index (χ1v) is 6.41. The van der Waals surface area contributed by atoms with Crippen molar-refractivity contribution in [1.29, 1.82) is 0 Å². The highest BCUT2D eigenvalue weighted by Crippen LogP contribution is 2.55. The molecule has 2 fully saturated rings. The molecule has 1 aliphatic carbocycles. The van der Waals surface area contributed by atoms with Crippen LogP contribution in [0.5, 0.6) is 0 Å². The van der Waals surface area contributed by atoms with E-state index < -0.39 is 0 Å². The van der Waals surface area contributed by atoms with Gasteiger partial charge in [0.1, 0.15) is 0 Å². The standard InChI is InChI=1S/C11H21NS/c1-10(2)9(3-6-13-10)7-11(8-12)4-5-11/h9H,3-8,12H2,1-2H3. The lowest BCUT2D eigenvalue weighted by Crippen LogP contribution is -2.28. The van der Waals surface area contributed by atoms with Crippen molar-refractivity contribution >= 4 is 11.8 Å². The summed E-state index contributed by atoms with van der Waals surface area (Å²) in [7, 11) is 0. The quantitative estimate of drug-likeness (QED) is 0.756. The molecule has 1 unspecified atom stereocenters. The summed E-state index contributed by atoms with van der Waals surface area (Å²) >= 11 is 2.15. The van der Waals surface area contributed by atoms with Crippen LogP contribution in [0.2, 0.25) is 0 Å². The van der Waals surface area contributed by atoms with Crippen molar-refractivity contribution in [3.05, 3.63) is 0 Å². The zero-order chi connectivity index (χ0) is 9.53. The lowest BCUT2D eigenvalue weighted by atomic mass is 9.82. The summed E-state index contributed by atoms with van der Waals surface area (Å²) in [6.07, 6.45) is 5.59. The van der Waals surface area contributed by atoms with E-state index >= 15 is 0 Å². The fourth-order valence-electron chi connectivity index (χ4n) is 2.47. The molecule has 0 aromatic rings. The third-order valence-electron chi connectivity index (χ3n) is 3.99. The van der Waals surface area contributed by atoms with E-state index in [-0.39, 0.29) is 0 Å². The molecule has 1 saturated heterocycles. The van der Waals surface area contributed by atoms with Crippen LogP contribution in [-0.4, -0.2) is 17.0 Å². The predicted octanol–water partition coefficient (Wildman–Crippen LogP) is 2.65. The van der Waals surface area contributed by atoms with Crippen LogP contribution in [0.25, 0.3) is 0 Å². The Morgan fingerprint density at radius 2 is 2.08 bits per heavy atom. The number of nitrogens with two attached hydrogens (primary N) is 1. The Labute approximate surface area is 85.8 Å². The summed E-state index contributed by atoms with van der Waals surface area (Å²) in [6, 6.07) is 0. The fourth-order valence-corrected chi connectivity index (χ4v) is 3.83. The van der Waals surface area contributed by atoms with Crippen LogP contribution in [-0.2, 0) is 0 Å². The molecule has 0 aromatic heterocycles. The fraction of sp³-hybridized carbons (Fsp3) is 1.00. The van der Waals surface area contributed by atoms with Gasteiger partial charge in [-0.25, -0.2) is 0 Å². The first-order chi connectivity index (χ1) is 6.08. The van der Waals surface area contributed by atoms with Crippen LogP contribution in [0.4, 0.5) is 0 Å². The molecule has 0 spiro atoms. The molecule has 0 aromatic carbocycles. The zero-order valence-electron chi connectivity index (χ0n) is 8.81. The normalized spacial score (nSPS) is 34.8. The Hall–Kier alpha value is 0.310. The van der Waals surface area contributed by atoms with Gasteiger partial charge in [-0.3, -0.25) is 0 Å². The SMILES string of the molecule is CC1(C)SCCC1CC1(CN)CC1. The second-order valence-corrected chi connectivity index (χ2v) is 7.09. The smallest absolute Gasteiger partial charge is 0.0132 e. The van der Waals surface area contributed by atoms with Gasteiger partial charge in [0.05, 0.1) is 0 Å². The molecule has 13 heavy (non-hydrogen) atoms. The molecule has 2 N–H and O–H groups in total. The molecular weight excluding hydrogens is 178 g/mol. The van der Waals surface area contributed by atoms with Crippen LogP contribution in [0.1, 0.15) is 39.5 Å². The van der Waals surface area contributed by atoms with E-state index in [2.05, 4.69) is 25.6 Å². The minimum absolute atomic E-state index is 0.519. The van der Waals surface area contributed by atoms with Crippen molar-refractivity contribution in [1.82, 2.24) is 0 Å². The number of hydrogen-bond acceptors (Lipinski definition) is 2. The van der Waals surface area contributed by atoms with Gasteiger partial charge in [0, 0.05) is 4.75 Å². The lowest BCUT2D eigenvalue weighted by molar-refractivity contribution is 0.315. The van der Waals surface area contributed by atoms with E-state index in [0.29, 0.717) is 10.2 Å². The maximum Gasteiger partial charge on any atom is 0.0132 e. The molecule has 1 nitrogen and oxygen atoms in total. The highest BCUT2D eigenvalue weighted by atomic mass is 32.2. The number of rotatable bonds is 3. The Kier molecular flexibility index (Phi) is 2.40. The topological polar surface area (TPSA) is 26.0 Å². The van der Waals surface area contributed by atoms with Gasteiger partial charge in [0.15, 0.2) is 0 Å². The zero-order valence-corrected chi connectivity index (χ0v) is 9.62. The molecule has 0 amide bonds. The van der Waals surface area contributed by atoms with E-state index in [1.807, 2.05) is 0 Å². The highest BCUT2D eigenvalue weighted by molar-refractivity contribution is 8.00. The first-order valence-electron chi connectivity index (χ1n) is 5.42. The van der Waals surface area contributed by atoms with E-state index in [0.717, 1.165) is 12.5 Å². The molecule has 76 valence electrons. The van der Waals surface area contributed by atoms with Crippen molar-refractivity contribution in [3.63, 3.8) is 0 Å².